The zero-order valence-electron chi connectivity index (χ0n) is 18.9. The quantitative estimate of drug-likeness (QED) is 0.688. The van der Waals surface area contributed by atoms with Crippen LogP contribution in [0.25, 0.3) is 0 Å². The maximum absolute atomic E-state index is 13.4. The van der Waals surface area contributed by atoms with E-state index in [1.54, 1.807) is 7.11 Å². The summed E-state index contributed by atoms with van der Waals surface area (Å²) in [4.78, 5) is 20.3. The summed E-state index contributed by atoms with van der Waals surface area (Å²) in [6.45, 7) is 8.86. The molecule has 2 heterocycles. The lowest BCUT2D eigenvalue weighted by Gasteiger charge is -2.42. The molecule has 0 spiro atoms. The first-order valence-corrected chi connectivity index (χ1v) is 11.6. The molecule has 1 fully saturated rings. The molecule has 166 valence electrons. The van der Waals surface area contributed by atoms with Crippen molar-refractivity contribution in [2.24, 2.45) is 0 Å². The lowest BCUT2D eigenvalue weighted by Crippen LogP contribution is -2.55. The Morgan fingerprint density at radius 2 is 1.81 bits per heavy atom. The summed E-state index contributed by atoms with van der Waals surface area (Å²) in [5.74, 6) is 0.486. The van der Waals surface area contributed by atoms with Gasteiger partial charge in [0.15, 0.2) is 0 Å². The van der Waals surface area contributed by atoms with Crippen LogP contribution in [0.1, 0.15) is 36.0 Å². The first kappa shape index (κ1) is 22.0. The Labute approximate surface area is 186 Å². The highest BCUT2D eigenvalue weighted by Gasteiger charge is 2.31. The lowest BCUT2D eigenvalue weighted by molar-refractivity contribution is -0.134. The molecule has 5 nitrogen and oxygen atoms in total. The van der Waals surface area contributed by atoms with E-state index in [0.29, 0.717) is 19.1 Å². The molecule has 31 heavy (non-hydrogen) atoms. The van der Waals surface area contributed by atoms with Gasteiger partial charge in [-0.1, -0.05) is 61.5 Å². The Bertz CT molecular complexity index is 857. The summed E-state index contributed by atoms with van der Waals surface area (Å²) >= 11 is 0. The number of amides is 1. The monoisotopic (exact) mass is 421 g/mol. The summed E-state index contributed by atoms with van der Waals surface area (Å²) < 4.78 is 5.27. The Hall–Kier alpha value is -2.21. The maximum Gasteiger partial charge on any atom is 0.237 e. The summed E-state index contributed by atoms with van der Waals surface area (Å²) in [5.41, 5.74) is 3.91. The number of rotatable bonds is 7. The molecule has 0 radical (unpaired) electrons. The molecule has 2 aliphatic rings. The van der Waals surface area contributed by atoms with Crippen molar-refractivity contribution in [2.75, 3.05) is 53.0 Å². The molecule has 4 rings (SSSR count). The van der Waals surface area contributed by atoms with Crippen molar-refractivity contribution in [1.29, 1.82) is 0 Å². The number of benzene rings is 2. The molecule has 0 bridgehead atoms. The van der Waals surface area contributed by atoms with Gasteiger partial charge in [-0.15, -0.1) is 0 Å². The average Bonchev–Trinajstić information content (AvgIpc) is 2.82. The molecular weight excluding hydrogens is 386 g/mol. The van der Waals surface area contributed by atoms with E-state index in [9.17, 15) is 4.79 Å². The van der Waals surface area contributed by atoms with Crippen LogP contribution in [0.15, 0.2) is 54.6 Å². The number of piperazine rings is 1. The van der Waals surface area contributed by atoms with Gasteiger partial charge in [0.1, 0.15) is 0 Å². The molecule has 2 aromatic rings. The van der Waals surface area contributed by atoms with Gasteiger partial charge >= 0.3 is 0 Å². The van der Waals surface area contributed by atoms with Crippen molar-refractivity contribution in [2.45, 2.75) is 31.8 Å². The normalized spacial score (nSPS) is 22.3. The first-order valence-electron chi connectivity index (χ1n) is 11.6. The third-order valence-corrected chi connectivity index (χ3v) is 6.85. The van der Waals surface area contributed by atoms with Crippen molar-refractivity contribution in [3.8, 4) is 0 Å². The number of nitrogens with zero attached hydrogens (tertiary/aromatic N) is 3. The van der Waals surface area contributed by atoms with Crippen LogP contribution in [0.2, 0.25) is 0 Å². The summed E-state index contributed by atoms with van der Waals surface area (Å²) in [5, 5.41) is 0. The molecule has 0 saturated carbocycles. The van der Waals surface area contributed by atoms with Crippen LogP contribution in [-0.2, 0) is 16.1 Å². The summed E-state index contributed by atoms with van der Waals surface area (Å²) in [6, 6.07) is 19.7. The van der Waals surface area contributed by atoms with E-state index < -0.39 is 0 Å². The van der Waals surface area contributed by atoms with Gasteiger partial charge in [0.25, 0.3) is 0 Å². The van der Waals surface area contributed by atoms with Crippen molar-refractivity contribution in [1.82, 2.24) is 14.7 Å². The van der Waals surface area contributed by atoms with Crippen LogP contribution in [0.4, 0.5) is 0 Å². The zero-order valence-corrected chi connectivity index (χ0v) is 18.9. The number of carbonyl (C=O) groups is 1. The largest absolute Gasteiger partial charge is 0.383 e. The van der Waals surface area contributed by atoms with E-state index in [2.05, 4.69) is 76.2 Å². The molecule has 1 saturated heterocycles. The molecule has 2 aromatic carbocycles. The predicted molar refractivity (Wildman–Crippen MR) is 124 cm³/mol. The average molecular weight is 422 g/mol. The fraction of sp³-hybridized carbons (Fsp3) is 0.500. The third-order valence-electron chi connectivity index (χ3n) is 6.85. The van der Waals surface area contributed by atoms with Gasteiger partial charge in [-0.05, 0) is 23.1 Å². The second kappa shape index (κ2) is 10.4. The van der Waals surface area contributed by atoms with Gasteiger partial charge in [-0.25, -0.2) is 0 Å². The van der Waals surface area contributed by atoms with E-state index in [4.69, 9.17) is 4.74 Å². The van der Waals surface area contributed by atoms with Crippen molar-refractivity contribution < 1.29 is 9.53 Å². The molecule has 5 heteroatoms. The van der Waals surface area contributed by atoms with Crippen LogP contribution >= 0.6 is 0 Å². The van der Waals surface area contributed by atoms with Gasteiger partial charge in [-0.3, -0.25) is 14.6 Å². The summed E-state index contributed by atoms with van der Waals surface area (Å²) in [7, 11) is 1.76. The lowest BCUT2D eigenvalue weighted by atomic mass is 9.84. The first-order chi connectivity index (χ1) is 15.2. The highest BCUT2D eigenvalue weighted by atomic mass is 16.5. The Morgan fingerprint density at radius 3 is 2.58 bits per heavy atom. The van der Waals surface area contributed by atoms with Crippen LogP contribution < -0.4 is 0 Å². The van der Waals surface area contributed by atoms with E-state index in [1.807, 2.05) is 0 Å². The van der Waals surface area contributed by atoms with Crippen molar-refractivity contribution in [3.63, 3.8) is 0 Å². The smallest absolute Gasteiger partial charge is 0.237 e. The van der Waals surface area contributed by atoms with Gasteiger partial charge in [0.05, 0.1) is 13.2 Å². The van der Waals surface area contributed by atoms with Crippen LogP contribution in [0.5, 0.6) is 0 Å². The third kappa shape index (κ3) is 5.17. The number of ether oxygens (including phenoxy) is 1. The molecular formula is C26H35N3O2. The maximum atomic E-state index is 13.4. The standard InChI is InChI=1S/C26H35N3O2/c1-3-23-18-27(13-14-28(23)15-16-31-2)20-26(30)29-17-22-11-7-8-12-24(22)25(19-29)21-9-5-4-6-10-21/h4-12,23,25H,3,13-20H2,1-2H3. The Morgan fingerprint density at radius 1 is 1.03 bits per heavy atom. The topological polar surface area (TPSA) is 36.0 Å². The minimum Gasteiger partial charge on any atom is -0.383 e. The zero-order chi connectivity index (χ0) is 21.6. The molecule has 0 aliphatic carbocycles. The van der Waals surface area contributed by atoms with Crippen LogP contribution in [0, 0.1) is 0 Å². The highest BCUT2D eigenvalue weighted by molar-refractivity contribution is 5.79. The molecule has 0 aromatic heterocycles. The number of fused-ring (bicyclic) bond motifs is 1. The van der Waals surface area contributed by atoms with Crippen LogP contribution in [-0.4, -0.2) is 79.6 Å². The Kier molecular flexibility index (Phi) is 7.38. The fourth-order valence-corrected chi connectivity index (χ4v) is 5.05. The molecule has 2 unspecified atom stereocenters. The second-order valence-electron chi connectivity index (χ2n) is 8.76. The highest BCUT2D eigenvalue weighted by Crippen LogP contribution is 2.33. The van der Waals surface area contributed by atoms with Gasteiger partial charge in [0.2, 0.25) is 5.91 Å². The number of carbonyl (C=O) groups excluding carboxylic acids is 1. The fourth-order valence-electron chi connectivity index (χ4n) is 5.05. The van der Waals surface area contributed by atoms with E-state index in [-0.39, 0.29) is 11.8 Å². The van der Waals surface area contributed by atoms with Gasteiger partial charge in [0, 0.05) is 58.3 Å². The number of methoxy groups -OCH3 is 1. The number of hydrogen-bond acceptors (Lipinski definition) is 4. The number of hydrogen-bond donors (Lipinski definition) is 0. The van der Waals surface area contributed by atoms with Gasteiger partial charge in [-0.2, -0.15) is 0 Å². The van der Waals surface area contributed by atoms with E-state index in [1.165, 1.54) is 16.7 Å². The Balaban J connectivity index is 1.43. The molecule has 1 amide bonds. The minimum absolute atomic E-state index is 0.240. The predicted octanol–water partition coefficient (Wildman–Crippen LogP) is 3.20. The second-order valence-corrected chi connectivity index (χ2v) is 8.76. The molecule has 0 N–H and O–H groups in total. The van der Waals surface area contributed by atoms with Crippen molar-refractivity contribution >= 4 is 5.91 Å². The SMILES string of the molecule is CCC1CN(CC(=O)N2Cc3ccccc3C(c3ccccc3)C2)CCN1CCOC. The van der Waals surface area contributed by atoms with Gasteiger partial charge < -0.3 is 9.64 Å². The van der Waals surface area contributed by atoms with Crippen molar-refractivity contribution in [3.05, 3.63) is 71.3 Å². The molecule has 2 atom stereocenters. The molecule has 2 aliphatic heterocycles. The van der Waals surface area contributed by atoms with Crippen LogP contribution in [0.3, 0.4) is 0 Å². The summed E-state index contributed by atoms with van der Waals surface area (Å²) in [6.07, 6.45) is 1.10. The van der Waals surface area contributed by atoms with E-state index in [0.717, 1.165) is 45.8 Å². The minimum atomic E-state index is 0.240. The van der Waals surface area contributed by atoms with E-state index >= 15 is 0 Å².